The van der Waals surface area contributed by atoms with Crippen molar-refractivity contribution in [1.82, 2.24) is 0 Å². The van der Waals surface area contributed by atoms with E-state index in [2.05, 4.69) is 0 Å². The molecule has 0 radical (unpaired) electrons. The molecule has 2 nitrogen and oxygen atoms in total. The van der Waals surface area contributed by atoms with Gasteiger partial charge >= 0.3 is 0 Å². The molecule has 2 rings (SSSR count). The van der Waals surface area contributed by atoms with Crippen LogP contribution in [0.2, 0.25) is 0 Å². The van der Waals surface area contributed by atoms with Crippen LogP contribution in [0.5, 0.6) is 0 Å². The molecular formula is C10H18O2. The highest BCUT2D eigenvalue weighted by molar-refractivity contribution is 4.82. The van der Waals surface area contributed by atoms with Crippen molar-refractivity contribution >= 4 is 0 Å². The van der Waals surface area contributed by atoms with Gasteiger partial charge in [0, 0.05) is 5.92 Å². The Bertz CT molecular complexity index is 141. The lowest BCUT2D eigenvalue weighted by atomic mass is 9.79. The van der Waals surface area contributed by atoms with E-state index < -0.39 is 0 Å². The minimum Gasteiger partial charge on any atom is -0.390 e. The standard InChI is InChI=1S/C10H18O2/c11-10-7-12-6-9(10)8-4-2-1-3-5-8/h8-11H,1-7H2/t9-,10+/m0/s1. The van der Waals surface area contributed by atoms with E-state index in [1.165, 1.54) is 32.1 Å². The summed E-state index contributed by atoms with van der Waals surface area (Å²) in [5.41, 5.74) is 0. The number of aliphatic hydroxyl groups excluding tert-OH is 1. The van der Waals surface area contributed by atoms with Gasteiger partial charge in [-0.1, -0.05) is 19.3 Å². The van der Waals surface area contributed by atoms with Gasteiger partial charge in [-0.2, -0.15) is 0 Å². The molecular weight excluding hydrogens is 152 g/mol. The van der Waals surface area contributed by atoms with E-state index in [1.54, 1.807) is 0 Å². The second-order valence-electron chi connectivity index (χ2n) is 4.17. The van der Waals surface area contributed by atoms with Gasteiger partial charge in [-0.05, 0) is 18.8 Å². The zero-order valence-electron chi connectivity index (χ0n) is 7.54. The van der Waals surface area contributed by atoms with Crippen LogP contribution in [0, 0.1) is 11.8 Å². The molecule has 70 valence electrons. The molecule has 0 aromatic heterocycles. The lowest BCUT2D eigenvalue weighted by molar-refractivity contribution is 0.0936. The molecule has 1 N–H and O–H groups in total. The summed E-state index contributed by atoms with van der Waals surface area (Å²) in [6, 6.07) is 0. The van der Waals surface area contributed by atoms with Crippen molar-refractivity contribution in [2.45, 2.75) is 38.2 Å². The summed E-state index contributed by atoms with van der Waals surface area (Å²) in [6.45, 7) is 1.37. The van der Waals surface area contributed by atoms with Gasteiger partial charge in [-0.25, -0.2) is 0 Å². The molecule has 0 spiro atoms. The third kappa shape index (κ3) is 1.64. The summed E-state index contributed by atoms with van der Waals surface area (Å²) in [6.07, 6.45) is 6.55. The van der Waals surface area contributed by atoms with E-state index in [9.17, 15) is 5.11 Å². The summed E-state index contributed by atoms with van der Waals surface area (Å²) in [4.78, 5) is 0. The van der Waals surface area contributed by atoms with Crippen molar-refractivity contribution in [3.8, 4) is 0 Å². The second kappa shape index (κ2) is 3.75. The molecule has 0 amide bonds. The van der Waals surface area contributed by atoms with Crippen LogP contribution in [0.1, 0.15) is 32.1 Å². The van der Waals surface area contributed by atoms with E-state index in [0.29, 0.717) is 12.5 Å². The highest BCUT2D eigenvalue weighted by atomic mass is 16.5. The van der Waals surface area contributed by atoms with E-state index in [0.717, 1.165) is 12.5 Å². The molecule has 0 bridgehead atoms. The third-order valence-electron chi connectivity index (χ3n) is 3.35. The molecule has 1 heterocycles. The van der Waals surface area contributed by atoms with E-state index >= 15 is 0 Å². The molecule has 2 fully saturated rings. The van der Waals surface area contributed by atoms with Crippen molar-refractivity contribution in [2.24, 2.45) is 11.8 Å². The Morgan fingerprint density at radius 2 is 1.75 bits per heavy atom. The van der Waals surface area contributed by atoms with Gasteiger partial charge in [0.05, 0.1) is 19.3 Å². The van der Waals surface area contributed by atoms with Crippen LogP contribution >= 0.6 is 0 Å². The molecule has 0 unspecified atom stereocenters. The summed E-state index contributed by atoms with van der Waals surface area (Å²) >= 11 is 0. The van der Waals surface area contributed by atoms with Crippen LogP contribution in [-0.4, -0.2) is 24.4 Å². The highest BCUT2D eigenvalue weighted by Gasteiger charge is 2.33. The van der Waals surface area contributed by atoms with Crippen LogP contribution in [0.3, 0.4) is 0 Å². The van der Waals surface area contributed by atoms with Gasteiger partial charge in [-0.15, -0.1) is 0 Å². The first-order chi connectivity index (χ1) is 5.88. The fourth-order valence-corrected chi connectivity index (χ4v) is 2.57. The second-order valence-corrected chi connectivity index (χ2v) is 4.17. The normalized spacial score (nSPS) is 38.8. The molecule has 12 heavy (non-hydrogen) atoms. The molecule has 2 heteroatoms. The van der Waals surface area contributed by atoms with Gasteiger partial charge in [-0.3, -0.25) is 0 Å². The lowest BCUT2D eigenvalue weighted by Gasteiger charge is -2.28. The maximum atomic E-state index is 9.62. The van der Waals surface area contributed by atoms with E-state index in [1.807, 2.05) is 0 Å². The number of hydrogen-bond acceptors (Lipinski definition) is 2. The Balaban J connectivity index is 1.89. The van der Waals surface area contributed by atoms with Crippen molar-refractivity contribution in [1.29, 1.82) is 0 Å². The van der Waals surface area contributed by atoms with Crippen molar-refractivity contribution in [3.05, 3.63) is 0 Å². The molecule has 0 aromatic carbocycles. The quantitative estimate of drug-likeness (QED) is 0.647. The molecule has 2 atom stereocenters. The fraction of sp³-hybridized carbons (Fsp3) is 1.00. The van der Waals surface area contributed by atoms with E-state index in [4.69, 9.17) is 4.74 Å². The zero-order chi connectivity index (χ0) is 8.39. The topological polar surface area (TPSA) is 29.5 Å². The fourth-order valence-electron chi connectivity index (χ4n) is 2.57. The van der Waals surface area contributed by atoms with Crippen LogP contribution in [0.25, 0.3) is 0 Å². The third-order valence-corrected chi connectivity index (χ3v) is 3.35. The molecule has 1 saturated carbocycles. The maximum Gasteiger partial charge on any atom is 0.0826 e. The van der Waals surface area contributed by atoms with Gasteiger partial charge in [0.15, 0.2) is 0 Å². The molecule has 1 aliphatic heterocycles. The lowest BCUT2D eigenvalue weighted by Crippen LogP contribution is -2.27. The Morgan fingerprint density at radius 3 is 2.33 bits per heavy atom. The van der Waals surface area contributed by atoms with Crippen molar-refractivity contribution in [2.75, 3.05) is 13.2 Å². The van der Waals surface area contributed by atoms with Gasteiger partial charge in [0.1, 0.15) is 0 Å². The SMILES string of the molecule is O[C@@H]1COC[C@H]1C1CCCCC1. The smallest absolute Gasteiger partial charge is 0.0826 e. The minimum absolute atomic E-state index is 0.173. The Kier molecular flexibility index (Phi) is 2.66. The molecule has 1 aliphatic carbocycles. The average Bonchev–Trinajstić information content (AvgIpc) is 2.53. The van der Waals surface area contributed by atoms with Crippen LogP contribution in [-0.2, 0) is 4.74 Å². The van der Waals surface area contributed by atoms with Crippen molar-refractivity contribution < 1.29 is 9.84 Å². The van der Waals surface area contributed by atoms with Crippen LogP contribution in [0.4, 0.5) is 0 Å². The Hall–Kier alpha value is -0.0800. The minimum atomic E-state index is -0.173. The molecule has 1 saturated heterocycles. The summed E-state index contributed by atoms with van der Waals surface area (Å²) < 4.78 is 5.27. The molecule has 0 aromatic rings. The zero-order valence-corrected chi connectivity index (χ0v) is 7.54. The first kappa shape index (κ1) is 8.52. The summed E-state index contributed by atoms with van der Waals surface area (Å²) in [5.74, 6) is 1.20. The van der Waals surface area contributed by atoms with Gasteiger partial charge in [0.25, 0.3) is 0 Å². The summed E-state index contributed by atoms with van der Waals surface area (Å²) in [5, 5.41) is 9.62. The number of rotatable bonds is 1. The summed E-state index contributed by atoms with van der Waals surface area (Å²) in [7, 11) is 0. The number of aliphatic hydroxyl groups is 1. The Labute approximate surface area is 73.9 Å². The van der Waals surface area contributed by atoms with Crippen LogP contribution < -0.4 is 0 Å². The monoisotopic (exact) mass is 170 g/mol. The maximum absolute atomic E-state index is 9.62. The Morgan fingerprint density at radius 1 is 1.00 bits per heavy atom. The van der Waals surface area contributed by atoms with Gasteiger partial charge in [0.2, 0.25) is 0 Å². The predicted octanol–water partition coefficient (Wildman–Crippen LogP) is 1.57. The van der Waals surface area contributed by atoms with E-state index in [-0.39, 0.29) is 6.10 Å². The van der Waals surface area contributed by atoms with Crippen LogP contribution in [0.15, 0.2) is 0 Å². The first-order valence-corrected chi connectivity index (χ1v) is 5.14. The van der Waals surface area contributed by atoms with Crippen molar-refractivity contribution in [3.63, 3.8) is 0 Å². The van der Waals surface area contributed by atoms with Gasteiger partial charge < -0.3 is 9.84 Å². The average molecular weight is 170 g/mol. The number of hydrogen-bond donors (Lipinski definition) is 1. The molecule has 2 aliphatic rings. The number of ether oxygens (including phenoxy) is 1. The largest absolute Gasteiger partial charge is 0.390 e. The predicted molar refractivity (Wildman–Crippen MR) is 46.9 cm³/mol. The first-order valence-electron chi connectivity index (χ1n) is 5.14. The highest BCUT2D eigenvalue weighted by Crippen LogP contribution is 2.34.